The quantitative estimate of drug-likeness (QED) is 0.752. The largest absolute Gasteiger partial charge is 0.355 e. The molecule has 0 aromatic carbocycles. The minimum atomic E-state index is -0.449. The van der Waals surface area contributed by atoms with Crippen molar-refractivity contribution in [3.63, 3.8) is 0 Å². The molecule has 1 aliphatic rings. The fourth-order valence-corrected chi connectivity index (χ4v) is 1.97. The van der Waals surface area contributed by atoms with Crippen molar-refractivity contribution in [1.29, 1.82) is 0 Å². The van der Waals surface area contributed by atoms with E-state index in [-0.39, 0.29) is 11.3 Å². The van der Waals surface area contributed by atoms with Crippen molar-refractivity contribution in [1.82, 2.24) is 5.32 Å². The van der Waals surface area contributed by atoms with Gasteiger partial charge in [-0.2, -0.15) is 0 Å². The molecule has 1 fully saturated rings. The number of nitrogens with two attached hydrogens (primary N) is 1. The lowest BCUT2D eigenvalue weighted by molar-refractivity contribution is -0.129. The Kier molecular flexibility index (Phi) is 4.00. The van der Waals surface area contributed by atoms with E-state index in [9.17, 15) is 4.79 Å². The highest BCUT2D eigenvalue weighted by Crippen LogP contribution is 2.41. The van der Waals surface area contributed by atoms with E-state index in [4.69, 9.17) is 5.73 Å². The van der Waals surface area contributed by atoms with E-state index >= 15 is 0 Å². The fourth-order valence-electron chi connectivity index (χ4n) is 1.97. The Hall–Kier alpha value is -0.570. The number of hydrogen-bond acceptors (Lipinski definition) is 2. The number of carbonyl (C=O) groups excluding carboxylic acids is 1. The number of rotatable bonds is 5. The van der Waals surface area contributed by atoms with Gasteiger partial charge in [0, 0.05) is 13.1 Å². The van der Waals surface area contributed by atoms with Gasteiger partial charge in [-0.3, -0.25) is 4.79 Å². The fraction of sp³-hybridized carbons (Fsp3) is 0.923. The van der Waals surface area contributed by atoms with Gasteiger partial charge in [0.1, 0.15) is 0 Å². The number of carbonyl (C=O) groups is 1. The summed E-state index contributed by atoms with van der Waals surface area (Å²) in [5, 5.41) is 3.04. The summed E-state index contributed by atoms with van der Waals surface area (Å²) in [6.07, 6.45) is 3.96. The molecule has 0 aromatic rings. The maximum Gasteiger partial charge on any atom is 0.226 e. The molecule has 1 aliphatic carbocycles. The van der Waals surface area contributed by atoms with E-state index in [1.165, 1.54) is 19.3 Å². The first-order valence-electron chi connectivity index (χ1n) is 6.28. The molecule has 16 heavy (non-hydrogen) atoms. The van der Waals surface area contributed by atoms with E-state index in [1.807, 2.05) is 13.8 Å². The zero-order valence-electron chi connectivity index (χ0n) is 11.1. The smallest absolute Gasteiger partial charge is 0.226 e. The summed E-state index contributed by atoms with van der Waals surface area (Å²) in [7, 11) is 0. The summed E-state index contributed by atoms with van der Waals surface area (Å²) in [5.41, 5.74) is 5.35. The minimum Gasteiger partial charge on any atom is -0.355 e. The van der Waals surface area contributed by atoms with Crippen molar-refractivity contribution in [3.05, 3.63) is 0 Å². The van der Waals surface area contributed by atoms with Gasteiger partial charge in [-0.05, 0) is 38.0 Å². The molecule has 0 unspecified atom stereocenters. The normalized spacial score (nSPS) is 18.1. The Labute approximate surface area is 99.2 Å². The Morgan fingerprint density at radius 1 is 1.31 bits per heavy atom. The average Bonchev–Trinajstić information content (AvgIpc) is 2.10. The Morgan fingerprint density at radius 3 is 2.25 bits per heavy atom. The van der Waals surface area contributed by atoms with Gasteiger partial charge in [0.2, 0.25) is 5.91 Å². The van der Waals surface area contributed by atoms with E-state index < -0.39 is 5.41 Å². The van der Waals surface area contributed by atoms with Crippen molar-refractivity contribution in [2.24, 2.45) is 22.5 Å². The molecule has 3 nitrogen and oxygen atoms in total. The molecule has 1 saturated carbocycles. The molecule has 0 heterocycles. The lowest BCUT2D eigenvalue weighted by atomic mass is 9.67. The first kappa shape index (κ1) is 13.5. The van der Waals surface area contributed by atoms with E-state index in [0.29, 0.717) is 6.54 Å². The summed E-state index contributed by atoms with van der Waals surface area (Å²) >= 11 is 0. The van der Waals surface area contributed by atoms with Crippen molar-refractivity contribution in [2.45, 2.75) is 47.0 Å². The van der Waals surface area contributed by atoms with Gasteiger partial charge >= 0.3 is 0 Å². The van der Waals surface area contributed by atoms with Crippen LogP contribution in [-0.4, -0.2) is 19.0 Å². The van der Waals surface area contributed by atoms with Gasteiger partial charge in [-0.15, -0.1) is 0 Å². The molecule has 3 heteroatoms. The molecule has 94 valence electrons. The van der Waals surface area contributed by atoms with Gasteiger partial charge < -0.3 is 11.1 Å². The molecule has 0 radical (unpaired) electrons. The van der Waals surface area contributed by atoms with Gasteiger partial charge in [0.15, 0.2) is 0 Å². The van der Waals surface area contributed by atoms with Crippen molar-refractivity contribution >= 4 is 5.91 Å². The zero-order valence-corrected chi connectivity index (χ0v) is 11.1. The summed E-state index contributed by atoms with van der Waals surface area (Å²) in [6.45, 7) is 9.42. The lowest BCUT2D eigenvalue weighted by Gasteiger charge is -2.41. The number of amides is 1. The van der Waals surface area contributed by atoms with E-state index in [2.05, 4.69) is 19.2 Å². The topological polar surface area (TPSA) is 55.1 Å². The second-order valence-corrected chi connectivity index (χ2v) is 6.39. The summed E-state index contributed by atoms with van der Waals surface area (Å²) < 4.78 is 0. The SMILES string of the molecule is CC(C)(CN)C(=O)NCC(C)(C)C1CCC1. The summed E-state index contributed by atoms with van der Waals surface area (Å²) in [5.74, 6) is 0.844. The summed E-state index contributed by atoms with van der Waals surface area (Å²) in [4.78, 5) is 11.9. The van der Waals surface area contributed by atoms with Gasteiger partial charge in [-0.1, -0.05) is 20.3 Å². The highest BCUT2D eigenvalue weighted by Gasteiger charge is 2.35. The van der Waals surface area contributed by atoms with Gasteiger partial charge in [0.05, 0.1) is 5.41 Å². The third kappa shape index (κ3) is 2.97. The van der Waals surface area contributed by atoms with Crippen molar-refractivity contribution < 1.29 is 4.79 Å². The third-order valence-corrected chi connectivity index (χ3v) is 4.04. The van der Waals surface area contributed by atoms with Crippen LogP contribution in [0.3, 0.4) is 0 Å². The lowest BCUT2D eigenvalue weighted by Crippen LogP contribution is -2.47. The Bertz CT molecular complexity index is 255. The molecule has 0 atom stereocenters. The molecule has 1 amide bonds. The van der Waals surface area contributed by atoms with Crippen LogP contribution in [0.1, 0.15) is 47.0 Å². The maximum atomic E-state index is 11.9. The second kappa shape index (κ2) is 4.74. The minimum absolute atomic E-state index is 0.0717. The third-order valence-electron chi connectivity index (χ3n) is 4.04. The predicted octanol–water partition coefficient (Wildman–Crippen LogP) is 1.91. The van der Waals surface area contributed by atoms with Crippen LogP contribution in [0.25, 0.3) is 0 Å². The van der Waals surface area contributed by atoms with E-state index in [1.54, 1.807) is 0 Å². The first-order valence-corrected chi connectivity index (χ1v) is 6.28. The Morgan fingerprint density at radius 2 is 1.88 bits per heavy atom. The van der Waals surface area contributed by atoms with Gasteiger partial charge in [0.25, 0.3) is 0 Å². The molecular weight excluding hydrogens is 200 g/mol. The first-order chi connectivity index (χ1) is 7.29. The predicted molar refractivity (Wildman–Crippen MR) is 67.0 cm³/mol. The summed E-state index contributed by atoms with van der Waals surface area (Å²) in [6, 6.07) is 0. The standard InChI is InChI=1S/C13H26N2O/c1-12(2,8-14)11(16)15-9-13(3,4)10-6-5-7-10/h10H,5-9,14H2,1-4H3,(H,15,16). The van der Waals surface area contributed by atoms with Crippen molar-refractivity contribution in [2.75, 3.05) is 13.1 Å². The van der Waals surface area contributed by atoms with Crippen LogP contribution in [0.5, 0.6) is 0 Å². The van der Waals surface area contributed by atoms with Crippen LogP contribution in [0.15, 0.2) is 0 Å². The number of nitrogens with one attached hydrogen (secondary N) is 1. The van der Waals surface area contributed by atoms with Crippen LogP contribution < -0.4 is 11.1 Å². The molecule has 0 aliphatic heterocycles. The average molecular weight is 226 g/mol. The van der Waals surface area contributed by atoms with Crippen LogP contribution in [-0.2, 0) is 4.79 Å². The molecule has 0 aromatic heterocycles. The van der Waals surface area contributed by atoms with E-state index in [0.717, 1.165) is 12.5 Å². The highest BCUT2D eigenvalue weighted by atomic mass is 16.2. The molecule has 0 bridgehead atoms. The highest BCUT2D eigenvalue weighted by molar-refractivity contribution is 5.82. The van der Waals surface area contributed by atoms with Crippen LogP contribution >= 0.6 is 0 Å². The monoisotopic (exact) mass is 226 g/mol. The number of hydrogen-bond donors (Lipinski definition) is 2. The second-order valence-electron chi connectivity index (χ2n) is 6.39. The molecule has 1 rings (SSSR count). The van der Waals surface area contributed by atoms with Crippen LogP contribution in [0.4, 0.5) is 0 Å². The maximum absolute atomic E-state index is 11.9. The molecular formula is C13H26N2O. The Balaban J connectivity index is 2.41. The molecule has 3 N–H and O–H groups in total. The van der Waals surface area contributed by atoms with Crippen LogP contribution in [0.2, 0.25) is 0 Å². The molecule has 0 spiro atoms. The van der Waals surface area contributed by atoms with Gasteiger partial charge in [-0.25, -0.2) is 0 Å². The van der Waals surface area contributed by atoms with Crippen LogP contribution in [0, 0.1) is 16.7 Å². The zero-order chi connectivity index (χ0) is 12.4. The van der Waals surface area contributed by atoms with Crippen molar-refractivity contribution in [3.8, 4) is 0 Å². The molecule has 0 saturated heterocycles.